The van der Waals surface area contributed by atoms with Gasteiger partial charge in [0.1, 0.15) is 5.01 Å². The van der Waals surface area contributed by atoms with Crippen molar-refractivity contribution < 1.29 is 4.74 Å². The molecule has 14 heavy (non-hydrogen) atoms. The molecule has 0 aliphatic rings. The Kier molecular flexibility index (Phi) is 2.74. The molecule has 2 rings (SSSR count). The number of aromatic nitrogens is 3. The van der Waals surface area contributed by atoms with E-state index >= 15 is 0 Å². The Morgan fingerprint density at radius 1 is 1.43 bits per heavy atom. The van der Waals surface area contributed by atoms with E-state index < -0.39 is 0 Å². The second-order valence-electron chi connectivity index (χ2n) is 2.45. The lowest BCUT2D eigenvalue weighted by Gasteiger charge is -1.98. The number of methoxy groups -OCH3 is 1. The van der Waals surface area contributed by atoms with Gasteiger partial charge in [-0.25, -0.2) is 4.98 Å². The lowest BCUT2D eigenvalue weighted by atomic mass is 10.3. The lowest BCUT2D eigenvalue weighted by Crippen LogP contribution is -1.87. The molecule has 0 aliphatic carbocycles. The quantitative estimate of drug-likeness (QED) is 0.842. The highest BCUT2D eigenvalue weighted by Gasteiger charge is 2.05. The van der Waals surface area contributed by atoms with E-state index in [-0.39, 0.29) is 0 Å². The Morgan fingerprint density at radius 3 is 2.93 bits per heavy atom. The Morgan fingerprint density at radius 2 is 2.29 bits per heavy atom. The fourth-order valence-corrected chi connectivity index (χ4v) is 2.08. The summed E-state index contributed by atoms with van der Waals surface area (Å²) < 4.78 is 5.78. The standard InChI is InChI=1S/C8H6BrN3OS/c1-13-6-4-5(2-3-10-6)7-11-12-8(9)14-7/h2-4H,1H3. The first-order chi connectivity index (χ1) is 6.79. The summed E-state index contributed by atoms with van der Waals surface area (Å²) in [6.45, 7) is 0. The summed E-state index contributed by atoms with van der Waals surface area (Å²) >= 11 is 4.73. The molecule has 4 nitrogen and oxygen atoms in total. The summed E-state index contributed by atoms with van der Waals surface area (Å²) in [6, 6.07) is 3.70. The average molecular weight is 272 g/mol. The number of hydrogen-bond acceptors (Lipinski definition) is 5. The van der Waals surface area contributed by atoms with Crippen LogP contribution in [0.4, 0.5) is 0 Å². The van der Waals surface area contributed by atoms with Gasteiger partial charge in [-0.05, 0) is 22.0 Å². The van der Waals surface area contributed by atoms with Crippen molar-refractivity contribution in [3.8, 4) is 16.5 Å². The van der Waals surface area contributed by atoms with Crippen LogP contribution < -0.4 is 4.74 Å². The predicted octanol–water partition coefficient (Wildman–Crippen LogP) is 2.37. The Balaban J connectivity index is 2.41. The van der Waals surface area contributed by atoms with E-state index in [0.29, 0.717) is 5.88 Å². The number of nitrogens with zero attached hydrogens (tertiary/aromatic N) is 3. The monoisotopic (exact) mass is 271 g/mol. The molecule has 0 spiro atoms. The normalized spacial score (nSPS) is 10.1. The number of pyridine rings is 1. The van der Waals surface area contributed by atoms with E-state index in [0.717, 1.165) is 14.5 Å². The Labute approximate surface area is 93.1 Å². The van der Waals surface area contributed by atoms with Crippen LogP contribution in [0.5, 0.6) is 5.88 Å². The van der Waals surface area contributed by atoms with Gasteiger partial charge in [-0.15, -0.1) is 10.2 Å². The smallest absolute Gasteiger partial charge is 0.213 e. The molecule has 0 atom stereocenters. The van der Waals surface area contributed by atoms with Crippen molar-refractivity contribution in [2.45, 2.75) is 0 Å². The van der Waals surface area contributed by atoms with Crippen LogP contribution in [0.2, 0.25) is 0 Å². The zero-order chi connectivity index (χ0) is 9.97. The van der Waals surface area contributed by atoms with Crippen LogP contribution in [0.25, 0.3) is 10.6 Å². The summed E-state index contributed by atoms with van der Waals surface area (Å²) in [5, 5.41) is 8.72. The van der Waals surface area contributed by atoms with Crippen LogP contribution in [0.15, 0.2) is 22.2 Å². The highest BCUT2D eigenvalue weighted by molar-refractivity contribution is 9.11. The van der Waals surface area contributed by atoms with Gasteiger partial charge in [0.15, 0.2) is 3.92 Å². The molecule has 0 aliphatic heterocycles. The second kappa shape index (κ2) is 4.02. The van der Waals surface area contributed by atoms with Crippen molar-refractivity contribution in [1.29, 1.82) is 0 Å². The highest BCUT2D eigenvalue weighted by atomic mass is 79.9. The van der Waals surface area contributed by atoms with Crippen LogP contribution in [0, 0.1) is 0 Å². The molecule has 0 radical (unpaired) electrons. The van der Waals surface area contributed by atoms with Gasteiger partial charge in [0, 0.05) is 17.8 Å². The average Bonchev–Trinajstić information content (AvgIpc) is 2.65. The fourth-order valence-electron chi connectivity index (χ4n) is 0.976. The van der Waals surface area contributed by atoms with Gasteiger partial charge >= 0.3 is 0 Å². The van der Waals surface area contributed by atoms with Crippen LogP contribution in [-0.4, -0.2) is 22.3 Å². The molecule has 72 valence electrons. The number of hydrogen-bond donors (Lipinski definition) is 0. The van der Waals surface area contributed by atoms with Crippen molar-refractivity contribution >= 4 is 27.3 Å². The second-order valence-corrected chi connectivity index (χ2v) is 4.70. The largest absolute Gasteiger partial charge is 0.481 e. The van der Waals surface area contributed by atoms with Crippen LogP contribution >= 0.6 is 27.3 Å². The summed E-state index contributed by atoms with van der Waals surface area (Å²) in [5.41, 5.74) is 0.958. The molecule has 0 saturated heterocycles. The van der Waals surface area contributed by atoms with E-state index in [1.54, 1.807) is 13.3 Å². The van der Waals surface area contributed by atoms with E-state index in [4.69, 9.17) is 4.74 Å². The topological polar surface area (TPSA) is 47.9 Å². The fraction of sp³-hybridized carbons (Fsp3) is 0.125. The van der Waals surface area contributed by atoms with Gasteiger partial charge in [0.25, 0.3) is 0 Å². The maximum atomic E-state index is 5.02. The van der Waals surface area contributed by atoms with Crippen LogP contribution in [-0.2, 0) is 0 Å². The maximum absolute atomic E-state index is 5.02. The third-order valence-electron chi connectivity index (χ3n) is 1.59. The van der Waals surface area contributed by atoms with Crippen molar-refractivity contribution in [2.24, 2.45) is 0 Å². The minimum absolute atomic E-state index is 0.578. The molecule has 2 aromatic rings. The first-order valence-corrected chi connectivity index (χ1v) is 5.40. The number of halogens is 1. The minimum atomic E-state index is 0.578. The summed E-state index contributed by atoms with van der Waals surface area (Å²) in [6.07, 6.45) is 1.68. The van der Waals surface area contributed by atoms with E-state index in [2.05, 4.69) is 31.1 Å². The minimum Gasteiger partial charge on any atom is -0.481 e. The van der Waals surface area contributed by atoms with Gasteiger partial charge in [0.2, 0.25) is 5.88 Å². The molecular formula is C8H6BrN3OS. The van der Waals surface area contributed by atoms with E-state index in [1.807, 2.05) is 12.1 Å². The molecule has 0 aromatic carbocycles. The third-order valence-corrected chi connectivity index (χ3v) is 3.00. The third kappa shape index (κ3) is 1.91. The molecule has 6 heteroatoms. The van der Waals surface area contributed by atoms with Crippen LogP contribution in [0.1, 0.15) is 0 Å². The lowest BCUT2D eigenvalue weighted by molar-refractivity contribution is 0.398. The zero-order valence-electron chi connectivity index (χ0n) is 7.27. The SMILES string of the molecule is COc1cc(-c2nnc(Br)s2)ccn1. The first-order valence-electron chi connectivity index (χ1n) is 3.79. The first kappa shape index (κ1) is 9.54. The highest BCUT2D eigenvalue weighted by Crippen LogP contribution is 2.27. The molecule has 2 heterocycles. The zero-order valence-corrected chi connectivity index (χ0v) is 9.67. The van der Waals surface area contributed by atoms with Gasteiger partial charge in [-0.1, -0.05) is 11.3 Å². The predicted molar refractivity (Wildman–Crippen MR) is 57.4 cm³/mol. The molecular weight excluding hydrogens is 266 g/mol. The van der Waals surface area contributed by atoms with E-state index in [1.165, 1.54) is 11.3 Å². The summed E-state index contributed by atoms with van der Waals surface area (Å²) in [7, 11) is 1.59. The van der Waals surface area contributed by atoms with Crippen molar-refractivity contribution in [3.05, 3.63) is 22.2 Å². The van der Waals surface area contributed by atoms with Crippen molar-refractivity contribution in [1.82, 2.24) is 15.2 Å². The maximum Gasteiger partial charge on any atom is 0.213 e. The number of rotatable bonds is 2. The van der Waals surface area contributed by atoms with Gasteiger partial charge in [-0.3, -0.25) is 0 Å². The van der Waals surface area contributed by atoms with Crippen molar-refractivity contribution in [3.63, 3.8) is 0 Å². The van der Waals surface area contributed by atoms with Crippen LogP contribution in [0.3, 0.4) is 0 Å². The molecule has 0 saturated carbocycles. The van der Waals surface area contributed by atoms with E-state index in [9.17, 15) is 0 Å². The van der Waals surface area contributed by atoms with Gasteiger partial charge in [0.05, 0.1) is 7.11 Å². The molecule has 0 amide bonds. The summed E-state index contributed by atoms with van der Waals surface area (Å²) in [5.74, 6) is 0.578. The molecule has 0 fully saturated rings. The molecule has 0 N–H and O–H groups in total. The summed E-state index contributed by atoms with van der Waals surface area (Å²) in [4.78, 5) is 4.01. The molecule has 0 bridgehead atoms. The molecule has 0 unspecified atom stereocenters. The number of ether oxygens (including phenoxy) is 1. The Hall–Kier alpha value is -1.01. The molecule has 2 aromatic heterocycles. The van der Waals surface area contributed by atoms with Gasteiger partial charge < -0.3 is 4.74 Å². The van der Waals surface area contributed by atoms with Crippen molar-refractivity contribution in [2.75, 3.05) is 7.11 Å². The van der Waals surface area contributed by atoms with Gasteiger partial charge in [-0.2, -0.15) is 0 Å². The Bertz CT molecular complexity index is 446.